The van der Waals surface area contributed by atoms with Crippen LogP contribution in [0.15, 0.2) is 0 Å². The van der Waals surface area contributed by atoms with Crippen molar-refractivity contribution in [3.05, 3.63) is 0 Å². The van der Waals surface area contributed by atoms with Crippen molar-refractivity contribution in [2.75, 3.05) is 14.1 Å². The van der Waals surface area contributed by atoms with Gasteiger partial charge >= 0.3 is 0 Å². The number of likely N-dealkylation sites (N-methyl/N-ethyl adjacent to an activating group) is 2. The van der Waals surface area contributed by atoms with E-state index in [4.69, 9.17) is 0 Å². The SMILES string of the molecule is CC1CCC(C(C)C)C2(C1)N(C)C(=O)[C@H](C)N2C. The molecule has 1 aliphatic heterocycles. The van der Waals surface area contributed by atoms with Gasteiger partial charge in [-0.25, -0.2) is 0 Å². The van der Waals surface area contributed by atoms with Crippen molar-refractivity contribution in [3.8, 4) is 0 Å². The molecule has 0 aromatic carbocycles. The highest BCUT2D eigenvalue weighted by molar-refractivity contribution is 5.84. The Kier molecular flexibility index (Phi) is 3.48. The van der Waals surface area contributed by atoms with E-state index in [1.54, 1.807) is 0 Å². The second-order valence-electron chi connectivity index (χ2n) is 6.80. The molecule has 0 N–H and O–H groups in total. The van der Waals surface area contributed by atoms with Crippen molar-refractivity contribution >= 4 is 5.91 Å². The average molecular weight is 252 g/mol. The van der Waals surface area contributed by atoms with Crippen LogP contribution < -0.4 is 0 Å². The molecule has 1 saturated heterocycles. The van der Waals surface area contributed by atoms with Crippen LogP contribution in [0.1, 0.15) is 47.0 Å². The smallest absolute Gasteiger partial charge is 0.240 e. The van der Waals surface area contributed by atoms with Gasteiger partial charge in [0.05, 0.1) is 11.7 Å². The van der Waals surface area contributed by atoms with Crippen molar-refractivity contribution in [3.63, 3.8) is 0 Å². The highest BCUT2D eigenvalue weighted by Gasteiger charge is 2.58. The topological polar surface area (TPSA) is 23.6 Å². The first kappa shape index (κ1) is 13.9. The van der Waals surface area contributed by atoms with E-state index in [2.05, 4.69) is 37.6 Å². The first-order valence-corrected chi connectivity index (χ1v) is 7.33. The summed E-state index contributed by atoms with van der Waals surface area (Å²) >= 11 is 0. The van der Waals surface area contributed by atoms with E-state index >= 15 is 0 Å². The molecular formula is C15H28N2O. The maximum absolute atomic E-state index is 12.3. The number of hydrogen-bond donors (Lipinski definition) is 0. The molecule has 2 fully saturated rings. The van der Waals surface area contributed by atoms with Gasteiger partial charge in [0.1, 0.15) is 0 Å². The predicted octanol–water partition coefficient (Wildman–Crippen LogP) is 2.57. The van der Waals surface area contributed by atoms with Gasteiger partial charge in [0.15, 0.2) is 0 Å². The summed E-state index contributed by atoms with van der Waals surface area (Å²) in [6.07, 6.45) is 3.67. The summed E-state index contributed by atoms with van der Waals surface area (Å²) in [6.45, 7) is 8.98. The molecule has 3 heteroatoms. The molecule has 2 rings (SSSR count). The van der Waals surface area contributed by atoms with Gasteiger partial charge < -0.3 is 4.90 Å². The van der Waals surface area contributed by atoms with Crippen LogP contribution in [0.4, 0.5) is 0 Å². The largest absolute Gasteiger partial charge is 0.326 e. The van der Waals surface area contributed by atoms with Crippen LogP contribution >= 0.6 is 0 Å². The molecule has 18 heavy (non-hydrogen) atoms. The fourth-order valence-electron chi connectivity index (χ4n) is 4.33. The van der Waals surface area contributed by atoms with Gasteiger partial charge in [0.2, 0.25) is 5.91 Å². The molecule has 3 nitrogen and oxygen atoms in total. The van der Waals surface area contributed by atoms with Gasteiger partial charge in [-0.3, -0.25) is 9.69 Å². The van der Waals surface area contributed by atoms with Crippen LogP contribution in [0.25, 0.3) is 0 Å². The van der Waals surface area contributed by atoms with E-state index in [9.17, 15) is 4.79 Å². The number of carbonyl (C=O) groups is 1. The van der Waals surface area contributed by atoms with Gasteiger partial charge in [-0.1, -0.05) is 27.2 Å². The van der Waals surface area contributed by atoms with E-state index in [0.29, 0.717) is 17.8 Å². The summed E-state index contributed by atoms with van der Waals surface area (Å²) < 4.78 is 0. The zero-order valence-electron chi connectivity index (χ0n) is 12.7. The molecule has 1 spiro atoms. The quantitative estimate of drug-likeness (QED) is 0.716. The van der Waals surface area contributed by atoms with Crippen LogP contribution in [0.2, 0.25) is 0 Å². The van der Waals surface area contributed by atoms with Gasteiger partial charge in [-0.15, -0.1) is 0 Å². The zero-order valence-corrected chi connectivity index (χ0v) is 12.7. The van der Waals surface area contributed by atoms with Gasteiger partial charge in [-0.05, 0) is 44.6 Å². The van der Waals surface area contributed by atoms with Crippen molar-refractivity contribution in [1.29, 1.82) is 0 Å². The third kappa shape index (κ3) is 1.70. The van der Waals surface area contributed by atoms with E-state index in [1.807, 2.05) is 14.0 Å². The van der Waals surface area contributed by atoms with Crippen LogP contribution in [0.3, 0.4) is 0 Å². The lowest BCUT2D eigenvalue weighted by atomic mass is 9.68. The maximum atomic E-state index is 12.3. The number of nitrogens with zero attached hydrogens (tertiary/aromatic N) is 2. The van der Waals surface area contributed by atoms with Crippen molar-refractivity contribution in [1.82, 2.24) is 9.80 Å². The lowest BCUT2D eigenvalue weighted by Crippen LogP contribution is -2.61. The van der Waals surface area contributed by atoms with E-state index in [0.717, 1.165) is 6.42 Å². The van der Waals surface area contributed by atoms with Crippen molar-refractivity contribution < 1.29 is 4.79 Å². The monoisotopic (exact) mass is 252 g/mol. The molecule has 1 aliphatic carbocycles. The molecule has 0 bridgehead atoms. The Morgan fingerprint density at radius 3 is 2.28 bits per heavy atom. The van der Waals surface area contributed by atoms with Crippen LogP contribution in [0, 0.1) is 17.8 Å². The van der Waals surface area contributed by atoms with Gasteiger partial charge in [0, 0.05) is 7.05 Å². The maximum Gasteiger partial charge on any atom is 0.240 e. The molecule has 0 aromatic rings. The number of carbonyl (C=O) groups excluding carboxylic acids is 1. The molecule has 1 saturated carbocycles. The summed E-state index contributed by atoms with van der Waals surface area (Å²) in [5.41, 5.74) is -0.0394. The Bertz CT molecular complexity index is 341. The van der Waals surface area contributed by atoms with Gasteiger partial charge in [-0.2, -0.15) is 0 Å². The van der Waals surface area contributed by atoms with E-state index in [-0.39, 0.29) is 17.6 Å². The Hall–Kier alpha value is -0.570. The second kappa shape index (κ2) is 4.52. The Balaban J connectivity index is 2.43. The van der Waals surface area contributed by atoms with Gasteiger partial charge in [0.25, 0.3) is 0 Å². The number of amides is 1. The van der Waals surface area contributed by atoms with E-state index < -0.39 is 0 Å². The second-order valence-corrected chi connectivity index (χ2v) is 6.80. The minimum atomic E-state index is -0.0394. The third-order valence-corrected chi connectivity index (χ3v) is 5.48. The summed E-state index contributed by atoms with van der Waals surface area (Å²) in [5, 5.41) is 0. The minimum absolute atomic E-state index is 0.0292. The lowest BCUT2D eigenvalue weighted by molar-refractivity contribution is -0.136. The van der Waals surface area contributed by atoms with E-state index in [1.165, 1.54) is 12.8 Å². The summed E-state index contributed by atoms with van der Waals surface area (Å²) in [4.78, 5) is 16.7. The zero-order chi connectivity index (χ0) is 13.7. The van der Waals surface area contributed by atoms with Crippen molar-refractivity contribution in [2.45, 2.75) is 58.7 Å². The molecule has 0 radical (unpaired) electrons. The first-order chi connectivity index (χ1) is 8.32. The van der Waals surface area contributed by atoms with Crippen LogP contribution in [-0.4, -0.2) is 41.5 Å². The number of hydrogen-bond acceptors (Lipinski definition) is 2. The predicted molar refractivity (Wildman–Crippen MR) is 74.1 cm³/mol. The van der Waals surface area contributed by atoms with Crippen LogP contribution in [-0.2, 0) is 4.79 Å². The molecule has 0 aromatic heterocycles. The standard InChI is InChI=1S/C15H28N2O/c1-10(2)13-8-7-11(3)9-15(13)16(5)12(4)14(18)17(15)6/h10-13H,7-9H2,1-6H3/t11?,12-,13?,15?/m0/s1. The fourth-order valence-corrected chi connectivity index (χ4v) is 4.33. The Morgan fingerprint density at radius 1 is 1.22 bits per heavy atom. The normalized spacial score (nSPS) is 42.3. The van der Waals surface area contributed by atoms with Crippen LogP contribution in [0.5, 0.6) is 0 Å². The molecule has 1 amide bonds. The summed E-state index contributed by atoms with van der Waals surface area (Å²) in [5.74, 6) is 2.22. The molecule has 1 heterocycles. The highest BCUT2D eigenvalue weighted by Crippen LogP contribution is 2.49. The molecule has 4 atom stereocenters. The van der Waals surface area contributed by atoms with Crippen molar-refractivity contribution in [2.24, 2.45) is 17.8 Å². The highest BCUT2D eigenvalue weighted by atomic mass is 16.2. The Labute approximate surface area is 112 Å². The first-order valence-electron chi connectivity index (χ1n) is 7.33. The molecule has 2 aliphatic rings. The lowest BCUT2D eigenvalue weighted by Gasteiger charge is -2.53. The number of rotatable bonds is 1. The minimum Gasteiger partial charge on any atom is -0.326 e. The molecular weight excluding hydrogens is 224 g/mol. The third-order valence-electron chi connectivity index (χ3n) is 5.48. The summed E-state index contributed by atoms with van der Waals surface area (Å²) in [6, 6.07) is 0.0292. The average Bonchev–Trinajstić information content (AvgIpc) is 2.46. The molecule has 104 valence electrons. The Morgan fingerprint density at radius 2 is 1.83 bits per heavy atom. The fraction of sp³-hybridized carbons (Fsp3) is 0.933. The molecule has 3 unspecified atom stereocenters. The summed E-state index contributed by atoms with van der Waals surface area (Å²) in [7, 11) is 4.15.